The summed E-state index contributed by atoms with van der Waals surface area (Å²) in [4.78, 5) is 0. The summed E-state index contributed by atoms with van der Waals surface area (Å²) in [5.74, 6) is 0.721. The van der Waals surface area contributed by atoms with Crippen molar-refractivity contribution in [1.82, 2.24) is 5.32 Å². The van der Waals surface area contributed by atoms with Gasteiger partial charge in [0.15, 0.2) is 0 Å². The largest absolute Gasteiger partial charge is 0.488 e. The minimum absolute atomic E-state index is 0.383. The van der Waals surface area contributed by atoms with Gasteiger partial charge >= 0.3 is 7.12 Å². The fourth-order valence-corrected chi connectivity index (χ4v) is 2.74. The molecule has 0 bridgehead atoms. The van der Waals surface area contributed by atoms with Crippen molar-refractivity contribution in [2.75, 3.05) is 0 Å². The molecule has 0 saturated heterocycles. The molecule has 4 heteroatoms. The molecule has 0 amide bonds. The van der Waals surface area contributed by atoms with Crippen molar-refractivity contribution in [2.24, 2.45) is 5.92 Å². The molecule has 0 aromatic heterocycles. The van der Waals surface area contributed by atoms with E-state index in [1.165, 1.54) is 18.4 Å². The van der Waals surface area contributed by atoms with Crippen molar-refractivity contribution in [1.29, 1.82) is 0 Å². The maximum atomic E-state index is 9.24. The predicted octanol–water partition coefficient (Wildman–Crippen LogP) is 1.61. The van der Waals surface area contributed by atoms with E-state index in [0.29, 0.717) is 11.5 Å². The molecule has 1 fully saturated rings. The van der Waals surface area contributed by atoms with E-state index in [9.17, 15) is 10.0 Å². The molecule has 0 aliphatic heterocycles. The van der Waals surface area contributed by atoms with E-state index in [4.69, 9.17) is 0 Å². The first kappa shape index (κ1) is 14.3. The Bertz CT molecular complexity index is 584. The second-order valence-corrected chi connectivity index (χ2v) is 5.73. The lowest BCUT2D eigenvalue weighted by Crippen LogP contribution is -2.30. The third kappa shape index (κ3) is 3.73. The van der Waals surface area contributed by atoms with E-state index in [1.54, 1.807) is 6.07 Å². The molecular formula is C17H20BNO2. The molecular weight excluding hydrogens is 261 g/mol. The minimum atomic E-state index is -1.40. The summed E-state index contributed by atoms with van der Waals surface area (Å²) in [6, 6.07) is 18.4. The summed E-state index contributed by atoms with van der Waals surface area (Å²) >= 11 is 0. The maximum absolute atomic E-state index is 9.24. The van der Waals surface area contributed by atoms with E-state index in [0.717, 1.165) is 18.0 Å². The van der Waals surface area contributed by atoms with E-state index in [1.807, 2.05) is 24.3 Å². The van der Waals surface area contributed by atoms with Crippen molar-refractivity contribution in [3.8, 4) is 0 Å². The fourth-order valence-electron chi connectivity index (χ4n) is 2.74. The zero-order chi connectivity index (χ0) is 14.7. The third-order valence-electron chi connectivity index (χ3n) is 4.03. The number of rotatable bonds is 6. The number of hydrogen-bond acceptors (Lipinski definition) is 3. The monoisotopic (exact) mass is 281 g/mol. The van der Waals surface area contributed by atoms with Gasteiger partial charge in [-0.2, -0.15) is 0 Å². The Kier molecular flexibility index (Phi) is 4.39. The minimum Gasteiger partial charge on any atom is -0.423 e. The number of benzene rings is 2. The highest BCUT2D eigenvalue weighted by molar-refractivity contribution is 6.58. The molecule has 3 nitrogen and oxygen atoms in total. The molecule has 0 spiro atoms. The number of nitrogens with one attached hydrogen (secondary N) is 1. The second-order valence-electron chi connectivity index (χ2n) is 5.73. The second kappa shape index (κ2) is 6.44. The lowest BCUT2D eigenvalue weighted by Gasteiger charge is -2.19. The highest BCUT2D eigenvalue weighted by Crippen LogP contribution is 2.41. The molecule has 3 N–H and O–H groups in total. The van der Waals surface area contributed by atoms with Crippen molar-refractivity contribution in [3.63, 3.8) is 0 Å². The first-order valence-electron chi connectivity index (χ1n) is 7.47. The van der Waals surface area contributed by atoms with Gasteiger partial charge in [-0.3, -0.25) is 0 Å². The first-order valence-corrected chi connectivity index (χ1v) is 7.47. The van der Waals surface area contributed by atoms with Crippen LogP contribution >= 0.6 is 0 Å². The van der Waals surface area contributed by atoms with Crippen molar-refractivity contribution in [2.45, 2.75) is 25.4 Å². The van der Waals surface area contributed by atoms with Gasteiger partial charge in [0.25, 0.3) is 0 Å². The van der Waals surface area contributed by atoms with E-state index in [2.05, 4.69) is 29.6 Å². The van der Waals surface area contributed by atoms with Gasteiger partial charge in [0.1, 0.15) is 0 Å². The lowest BCUT2D eigenvalue weighted by molar-refractivity contribution is 0.425. The standard InChI is InChI=1S/C17H20BNO2/c20-18(21)16-8-4-5-13(11-16)12-19-17(15-9-10-15)14-6-2-1-3-7-14/h1-8,11,15,17,19-21H,9-10,12H2. The summed E-state index contributed by atoms with van der Waals surface area (Å²) in [6.07, 6.45) is 2.56. The number of hydrogen-bond donors (Lipinski definition) is 3. The van der Waals surface area contributed by atoms with Crippen LogP contribution in [0, 0.1) is 5.92 Å². The van der Waals surface area contributed by atoms with Crippen LogP contribution in [0.1, 0.15) is 30.0 Å². The van der Waals surface area contributed by atoms with Gasteiger partial charge in [-0.05, 0) is 35.3 Å². The van der Waals surface area contributed by atoms with Gasteiger partial charge in [0.05, 0.1) is 0 Å². The van der Waals surface area contributed by atoms with Gasteiger partial charge in [0.2, 0.25) is 0 Å². The van der Waals surface area contributed by atoms with Crippen LogP contribution in [0.25, 0.3) is 0 Å². The summed E-state index contributed by atoms with van der Waals surface area (Å²) in [5, 5.41) is 22.1. The van der Waals surface area contributed by atoms with Gasteiger partial charge < -0.3 is 15.4 Å². The average molecular weight is 281 g/mol. The van der Waals surface area contributed by atoms with Crippen LogP contribution in [0.4, 0.5) is 0 Å². The van der Waals surface area contributed by atoms with Crippen LogP contribution in [0.3, 0.4) is 0 Å². The molecule has 0 heterocycles. The van der Waals surface area contributed by atoms with Gasteiger partial charge in [0, 0.05) is 12.6 Å². The highest BCUT2D eigenvalue weighted by Gasteiger charge is 2.31. The fraction of sp³-hybridized carbons (Fsp3) is 0.294. The molecule has 21 heavy (non-hydrogen) atoms. The third-order valence-corrected chi connectivity index (χ3v) is 4.03. The molecule has 3 rings (SSSR count). The molecule has 108 valence electrons. The Morgan fingerprint density at radius 1 is 1.05 bits per heavy atom. The smallest absolute Gasteiger partial charge is 0.423 e. The molecule has 0 radical (unpaired) electrons. The van der Waals surface area contributed by atoms with Gasteiger partial charge in [-0.15, -0.1) is 0 Å². The predicted molar refractivity (Wildman–Crippen MR) is 85.0 cm³/mol. The van der Waals surface area contributed by atoms with Crippen LogP contribution in [-0.4, -0.2) is 17.2 Å². The maximum Gasteiger partial charge on any atom is 0.488 e. The highest BCUT2D eigenvalue weighted by atomic mass is 16.4. The van der Waals surface area contributed by atoms with Crippen LogP contribution in [0.5, 0.6) is 0 Å². The molecule has 2 aromatic rings. The Labute approximate surface area is 125 Å². The van der Waals surface area contributed by atoms with Crippen molar-refractivity contribution in [3.05, 3.63) is 65.7 Å². The summed E-state index contributed by atoms with van der Waals surface area (Å²) < 4.78 is 0. The summed E-state index contributed by atoms with van der Waals surface area (Å²) in [5.41, 5.74) is 2.94. The van der Waals surface area contributed by atoms with Crippen molar-refractivity contribution >= 4 is 12.6 Å². The van der Waals surface area contributed by atoms with Crippen LogP contribution in [0.15, 0.2) is 54.6 Å². The van der Waals surface area contributed by atoms with E-state index in [-0.39, 0.29) is 0 Å². The normalized spacial score (nSPS) is 15.7. The van der Waals surface area contributed by atoms with E-state index >= 15 is 0 Å². The summed E-state index contributed by atoms with van der Waals surface area (Å²) in [7, 11) is -1.40. The van der Waals surface area contributed by atoms with Gasteiger partial charge in [-0.25, -0.2) is 0 Å². The van der Waals surface area contributed by atoms with Crippen LogP contribution in [-0.2, 0) is 6.54 Å². The van der Waals surface area contributed by atoms with Gasteiger partial charge in [-0.1, -0.05) is 54.6 Å². The topological polar surface area (TPSA) is 52.5 Å². The molecule has 1 aliphatic carbocycles. The zero-order valence-corrected chi connectivity index (χ0v) is 11.9. The van der Waals surface area contributed by atoms with Crippen molar-refractivity contribution < 1.29 is 10.0 Å². The van der Waals surface area contributed by atoms with Crippen LogP contribution < -0.4 is 10.8 Å². The molecule has 2 aromatic carbocycles. The lowest BCUT2D eigenvalue weighted by atomic mass is 9.79. The first-order chi connectivity index (χ1) is 10.2. The van der Waals surface area contributed by atoms with E-state index < -0.39 is 7.12 Å². The summed E-state index contributed by atoms with van der Waals surface area (Å²) in [6.45, 7) is 0.733. The molecule has 1 aliphatic rings. The SMILES string of the molecule is OB(O)c1cccc(CNC(c2ccccc2)C2CC2)c1. The zero-order valence-electron chi connectivity index (χ0n) is 11.9. The quantitative estimate of drug-likeness (QED) is 0.705. The van der Waals surface area contributed by atoms with Crippen LogP contribution in [0.2, 0.25) is 0 Å². The Morgan fingerprint density at radius 3 is 2.48 bits per heavy atom. The molecule has 1 atom stereocenters. The Morgan fingerprint density at radius 2 is 1.81 bits per heavy atom. The Balaban J connectivity index is 1.69. The molecule has 1 saturated carbocycles. The molecule has 1 unspecified atom stereocenters. The Hall–Kier alpha value is -1.62. The average Bonchev–Trinajstić information content (AvgIpc) is 3.34.